The molecule has 0 spiro atoms. The molecule has 0 aliphatic heterocycles. The maximum Gasteiger partial charge on any atom is 0.251 e. The van der Waals surface area contributed by atoms with Gasteiger partial charge < -0.3 is 5.32 Å². The smallest absolute Gasteiger partial charge is 0.251 e. The van der Waals surface area contributed by atoms with Crippen molar-refractivity contribution in [2.24, 2.45) is 0 Å². The van der Waals surface area contributed by atoms with Crippen LogP contribution in [0.3, 0.4) is 0 Å². The number of nitrogens with one attached hydrogen (secondary N) is 1. The maximum absolute atomic E-state index is 11.8. The summed E-state index contributed by atoms with van der Waals surface area (Å²) in [6.45, 7) is 1.25. The molecule has 2 aromatic rings. The van der Waals surface area contributed by atoms with Crippen LogP contribution in [0.15, 0.2) is 42.7 Å². The number of halogens is 1. The Morgan fingerprint density at radius 3 is 2.72 bits per heavy atom. The highest BCUT2D eigenvalue weighted by Crippen LogP contribution is 2.07. The first-order valence-electron chi connectivity index (χ1n) is 5.70. The molecule has 0 atom stereocenters. The summed E-state index contributed by atoms with van der Waals surface area (Å²) in [5.41, 5.74) is 1.84. The molecule has 5 heteroatoms. The van der Waals surface area contributed by atoms with Gasteiger partial charge in [0, 0.05) is 29.8 Å². The van der Waals surface area contributed by atoms with E-state index >= 15 is 0 Å². The zero-order valence-electron chi connectivity index (χ0n) is 9.84. The van der Waals surface area contributed by atoms with Gasteiger partial charge in [0.1, 0.15) is 0 Å². The second kappa shape index (κ2) is 6.35. The van der Waals surface area contributed by atoms with Crippen LogP contribution in [0.2, 0.25) is 0 Å². The molecule has 0 aliphatic rings. The van der Waals surface area contributed by atoms with E-state index in [1.807, 2.05) is 36.5 Å². The second-order valence-corrected chi connectivity index (χ2v) is 4.42. The number of alkyl halides is 1. The highest BCUT2D eigenvalue weighted by atomic mass is 79.9. The first kappa shape index (κ1) is 12.8. The lowest BCUT2D eigenvalue weighted by molar-refractivity contribution is 0.0952. The first-order chi connectivity index (χ1) is 8.79. The van der Waals surface area contributed by atoms with E-state index in [-0.39, 0.29) is 5.91 Å². The van der Waals surface area contributed by atoms with Gasteiger partial charge in [-0.15, -0.1) is 0 Å². The number of aromatic nitrogens is 2. The van der Waals surface area contributed by atoms with Crippen LogP contribution >= 0.6 is 15.9 Å². The van der Waals surface area contributed by atoms with E-state index in [4.69, 9.17) is 0 Å². The monoisotopic (exact) mass is 307 g/mol. The summed E-state index contributed by atoms with van der Waals surface area (Å²) in [6.07, 6.45) is 3.60. The van der Waals surface area contributed by atoms with Crippen LogP contribution in [-0.2, 0) is 11.9 Å². The fraction of sp³-hybridized carbons (Fsp3) is 0.231. The Balaban J connectivity index is 1.83. The van der Waals surface area contributed by atoms with Gasteiger partial charge in [0.05, 0.1) is 6.54 Å². The molecule has 1 amide bonds. The third kappa shape index (κ3) is 3.43. The van der Waals surface area contributed by atoms with Gasteiger partial charge in [0.2, 0.25) is 0 Å². The van der Waals surface area contributed by atoms with Crippen molar-refractivity contribution in [2.75, 3.05) is 6.54 Å². The Bertz CT molecular complexity index is 493. The Morgan fingerprint density at radius 1 is 1.33 bits per heavy atom. The molecule has 18 heavy (non-hydrogen) atoms. The molecule has 94 valence electrons. The number of amides is 1. The molecule has 0 aliphatic carbocycles. The molecule has 4 nitrogen and oxygen atoms in total. The van der Waals surface area contributed by atoms with Crippen molar-refractivity contribution in [2.45, 2.75) is 11.9 Å². The molecular formula is C13H14BrN3O. The SMILES string of the molecule is O=C(NCCn1cccn1)c1ccc(CBr)cc1. The Morgan fingerprint density at radius 2 is 2.11 bits per heavy atom. The van der Waals surface area contributed by atoms with E-state index in [1.54, 1.807) is 10.9 Å². The molecule has 1 heterocycles. The topological polar surface area (TPSA) is 46.9 Å². The van der Waals surface area contributed by atoms with Gasteiger partial charge in [-0.05, 0) is 23.8 Å². The predicted octanol–water partition coefficient (Wildman–Crippen LogP) is 2.21. The fourth-order valence-electron chi connectivity index (χ4n) is 1.56. The van der Waals surface area contributed by atoms with Gasteiger partial charge in [-0.2, -0.15) is 5.10 Å². The molecule has 2 rings (SSSR count). The first-order valence-corrected chi connectivity index (χ1v) is 6.82. The van der Waals surface area contributed by atoms with Gasteiger partial charge in [-0.25, -0.2) is 0 Å². The Labute approximate surface area is 114 Å². The number of hydrogen-bond donors (Lipinski definition) is 1. The lowest BCUT2D eigenvalue weighted by atomic mass is 10.1. The van der Waals surface area contributed by atoms with Crippen LogP contribution in [0.5, 0.6) is 0 Å². The summed E-state index contributed by atoms with van der Waals surface area (Å²) < 4.78 is 1.79. The quantitative estimate of drug-likeness (QED) is 0.861. The molecule has 0 saturated carbocycles. The largest absolute Gasteiger partial charge is 0.350 e. The number of carbonyl (C=O) groups excluding carboxylic acids is 1. The van der Waals surface area contributed by atoms with E-state index in [1.165, 1.54) is 0 Å². The van der Waals surface area contributed by atoms with E-state index in [0.29, 0.717) is 18.7 Å². The van der Waals surface area contributed by atoms with Crippen LogP contribution in [0, 0.1) is 0 Å². The number of nitrogens with zero attached hydrogens (tertiary/aromatic N) is 2. The molecular weight excluding hydrogens is 294 g/mol. The summed E-state index contributed by atoms with van der Waals surface area (Å²) in [5.74, 6) is -0.0525. The normalized spacial score (nSPS) is 10.3. The predicted molar refractivity (Wildman–Crippen MR) is 73.6 cm³/mol. The summed E-state index contributed by atoms with van der Waals surface area (Å²) in [6, 6.07) is 9.41. The molecule has 0 radical (unpaired) electrons. The van der Waals surface area contributed by atoms with Gasteiger partial charge in [-0.1, -0.05) is 28.1 Å². The van der Waals surface area contributed by atoms with Gasteiger partial charge in [0.25, 0.3) is 5.91 Å². The fourth-order valence-corrected chi connectivity index (χ4v) is 1.94. The average molecular weight is 308 g/mol. The van der Waals surface area contributed by atoms with E-state index in [0.717, 1.165) is 10.9 Å². The highest BCUT2D eigenvalue weighted by Gasteiger charge is 2.04. The maximum atomic E-state index is 11.8. The molecule has 1 aromatic heterocycles. The van der Waals surface area contributed by atoms with E-state index < -0.39 is 0 Å². The minimum Gasteiger partial charge on any atom is -0.350 e. The van der Waals surface area contributed by atoms with Crippen molar-refractivity contribution < 1.29 is 4.79 Å². The minimum atomic E-state index is -0.0525. The van der Waals surface area contributed by atoms with Crippen molar-refractivity contribution in [1.29, 1.82) is 0 Å². The standard InChI is InChI=1S/C13H14BrN3O/c14-10-11-2-4-12(5-3-11)13(18)15-7-9-17-8-1-6-16-17/h1-6,8H,7,9-10H2,(H,15,18). The van der Waals surface area contributed by atoms with Crippen LogP contribution in [0.25, 0.3) is 0 Å². The average Bonchev–Trinajstić information content (AvgIpc) is 2.92. The van der Waals surface area contributed by atoms with Crippen molar-refractivity contribution >= 4 is 21.8 Å². The Hall–Kier alpha value is -1.62. The molecule has 0 saturated heterocycles. The third-order valence-electron chi connectivity index (χ3n) is 2.56. The zero-order valence-corrected chi connectivity index (χ0v) is 11.4. The molecule has 1 N–H and O–H groups in total. The minimum absolute atomic E-state index is 0.0525. The lowest BCUT2D eigenvalue weighted by Crippen LogP contribution is -2.27. The van der Waals surface area contributed by atoms with Gasteiger partial charge in [-0.3, -0.25) is 9.48 Å². The molecule has 0 unspecified atom stereocenters. The highest BCUT2D eigenvalue weighted by molar-refractivity contribution is 9.08. The van der Waals surface area contributed by atoms with Crippen LogP contribution in [0.1, 0.15) is 15.9 Å². The molecule has 0 bridgehead atoms. The van der Waals surface area contributed by atoms with Gasteiger partial charge >= 0.3 is 0 Å². The van der Waals surface area contributed by atoms with E-state index in [2.05, 4.69) is 26.3 Å². The molecule has 1 aromatic carbocycles. The number of hydrogen-bond acceptors (Lipinski definition) is 2. The van der Waals surface area contributed by atoms with Crippen molar-refractivity contribution in [1.82, 2.24) is 15.1 Å². The van der Waals surface area contributed by atoms with Crippen LogP contribution < -0.4 is 5.32 Å². The summed E-state index contributed by atoms with van der Waals surface area (Å²) in [7, 11) is 0. The third-order valence-corrected chi connectivity index (χ3v) is 3.20. The zero-order chi connectivity index (χ0) is 12.8. The second-order valence-electron chi connectivity index (χ2n) is 3.86. The summed E-state index contributed by atoms with van der Waals surface area (Å²) in [5, 5.41) is 7.73. The van der Waals surface area contributed by atoms with Crippen molar-refractivity contribution in [3.8, 4) is 0 Å². The summed E-state index contributed by atoms with van der Waals surface area (Å²) in [4.78, 5) is 11.8. The van der Waals surface area contributed by atoms with Crippen LogP contribution in [0.4, 0.5) is 0 Å². The van der Waals surface area contributed by atoms with Crippen LogP contribution in [-0.4, -0.2) is 22.2 Å². The number of benzene rings is 1. The molecule has 0 fully saturated rings. The van der Waals surface area contributed by atoms with Crippen molar-refractivity contribution in [3.63, 3.8) is 0 Å². The number of carbonyl (C=O) groups is 1. The van der Waals surface area contributed by atoms with Crippen molar-refractivity contribution in [3.05, 3.63) is 53.9 Å². The summed E-state index contributed by atoms with van der Waals surface area (Å²) >= 11 is 3.37. The van der Waals surface area contributed by atoms with E-state index in [9.17, 15) is 4.79 Å². The van der Waals surface area contributed by atoms with Gasteiger partial charge in [0.15, 0.2) is 0 Å². The Kier molecular flexibility index (Phi) is 4.52. The number of rotatable bonds is 5. The lowest BCUT2D eigenvalue weighted by Gasteiger charge is -2.06.